The van der Waals surface area contributed by atoms with Gasteiger partial charge in [0.05, 0.1) is 5.60 Å². The summed E-state index contributed by atoms with van der Waals surface area (Å²) in [5, 5.41) is 10.8. The van der Waals surface area contributed by atoms with Crippen LogP contribution in [0.1, 0.15) is 44.4 Å². The van der Waals surface area contributed by atoms with Gasteiger partial charge in [-0.3, -0.25) is 0 Å². The van der Waals surface area contributed by atoms with Crippen LogP contribution in [0.25, 0.3) is 0 Å². The summed E-state index contributed by atoms with van der Waals surface area (Å²) in [7, 11) is 0. The summed E-state index contributed by atoms with van der Waals surface area (Å²) in [5.41, 5.74) is 1.06. The highest BCUT2D eigenvalue weighted by Crippen LogP contribution is 2.40. The zero-order valence-electron chi connectivity index (χ0n) is 11.6. The van der Waals surface area contributed by atoms with E-state index in [1.54, 1.807) is 0 Å². The molecule has 1 N–H and O–H groups in total. The number of benzene rings is 1. The van der Waals surface area contributed by atoms with E-state index in [9.17, 15) is 9.50 Å². The average molecular weight is 238 g/mol. The van der Waals surface area contributed by atoms with Crippen LogP contribution < -0.4 is 0 Å². The molecule has 1 rings (SSSR count). The number of aliphatic hydroxyl groups is 1. The summed E-state index contributed by atoms with van der Waals surface area (Å²) >= 11 is 0. The molecule has 2 heteroatoms. The number of hydrogen-bond acceptors (Lipinski definition) is 1. The van der Waals surface area contributed by atoms with E-state index in [4.69, 9.17) is 0 Å². The van der Waals surface area contributed by atoms with Crippen LogP contribution in [0, 0.1) is 31.5 Å². The van der Waals surface area contributed by atoms with E-state index in [0.29, 0.717) is 5.56 Å². The monoisotopic (exact) mass is 238 g/mol. The highest BCUT2D eigenvalue weighted by Gasteiger charge is 2.39. The molecular formula is C15H23FO. The summed E-state index contributed by atoms with van der Waals surface area (Å²) in [6, 6.07) is 3.42. The molecule has 1 aromatic rings. The SMILES string of the molecule is Cc1cc(C)c(C(O)(C(C)C)C(C)C)c(F)c1. The largest absolute Gasteiger partial charge is 0.385 e. The van der Waals surface area contributed by atoms with Gasteiger partial charge < -0.3 is 5.11 Å². The lowest BCUT2D eigenvalue weighted by atomic mass is 9.73. The molecule has 0 saturated carbocycles. The van der Waals surface area contributed by atoms with Gasteiger partial charge in [-0.05, 0) is 42.9 Å². The minimum Gasteiger partial charge on any atom is -0.385 e. The Hall–Kier alpha value is -0.890. The Morgan fingerprint density at radius 3 is 1.88 bits per heavy atom. The number of rotatable bonds is 3. The maximum Gasteiger partial charge on any atom is 0.129 e. The molecular weight excluding hydrogens is 215 g/mol. The topological polar surface area (TPSA) is 20.2 Å². The maximum absolute atomic E-state index is 14.2. The zero-order valence-corrected chi connectivity index (χ0v) is 11.6. The van der Waals surface area contributed by atoms with Gasteiger partial charge in [0, 0.05) is 5.56 Å². The quantitative estimate of drug-likeness (QED) is 0.845. The molecule has 0 aliphatic heterocycles. The van der Waals surface area contributed by atoms with Gasteiger partial charge in [-0.15, -0.1) is 0 Å². The molecule has 0 radical (unpaired) electrons. The molecule has 0 spiro atoms. The molecule has 1 nitrogen and oxygen atoms in total. The summed E-state index contributed by atoms with van der Waals surface area (Å²) in [6.45, 7) is 11.4. The first-order chi connectivity index (χ1) is 7.71. The fourth-order valence-corrected chi connectivity index (χ4v) is 2.67. The van der Waals surface area contributed by atoms with Crippen LogP contribution in [0.3, 0.4) is 0 Å². The van der Waals surface area contributed by atoms with Crippen LogP contribution in [-0.2, 0) is 5.60 Å². The lowest BCUT2D eigenvalue weighted by molar-refractivity contribution is -0.0564. The van der Waals surface area contributed by atoms with E-state index in [2.05, 4.69) is 0 Å². The van der Waals surface area contributed by atoms with Crippen LogP contribution >= 0.6 is 0 Å². The molecule has 0 aromatic heterocycles. The summed E-state index contributed by atoms with van der Waals surface area (Å²) in [5.74, 6) is -0.357. The highest BCUT2D eigenvalue weighted by molar-refractivity contribution is 5.37. The third-order valence-electron chi connectivity index (χ3n) is 3.59. The van der Waals surface area contributed by atoms with Crippen LogP contribution in [0.2, 0.25) is 0 Å². The van der Waals surface area contributed by atoms with Crippen molar-refractivity contribution in [1.82, 2.24) is 0 Å². The number of hydrogen-bond donors (Lipinski definition) is 1. The molecule has 0 fully saturated rings. The molecule has 0 aliphatic carbocycles. The summed E-state index contributed by atoms with van der Waals surface area (Å²) in [6.07, 6.45) is 0. The normalized spacial score (nSPS) is 12.6. The maximum atomic E-state index is 14.2. The van der Waals surface area contributed by atoms with E-state index < -0.39 is 5.60 Å². The van der Waals surface area contributed by atoms with Gasteiger partial charge in [0.1, 0.15) is 5.82 Å². The van der Waals surface area contributed by atoms with Crippen molar-refractivity contribution in [2.75, 3.05) is 0 Å². The van der Waals surface area contributed by atoms with Gasteiger partial charge in [-0.2, -0.15) is 0 Å². The van der Waals surface area contributed by atoms with Crippen molar-refractivity contribution in [2.24, 2.45) is 11.8 Å². The summed E-state index contributed by atoms with van der Waals surface area (Å²) in [4.78, 5) is 0. The van der Waals surface area contributed by atoms with E-state index >= 15 is 0 Å². The van der Waals surface area contributed by atoms with Crippen molar-refractivity contribution in [1.29, 1.82) is 0 Å². The molecule has 1 aromatic carbocycles. The molecule has 17 heavy (non-hydrogen) atoms. The molecule has 0 aliphatic rings. The Labute approximate surface area is 104 Å². The fraction of sp³-hybridized carbons (Fsp3) is 0.600. The van der Waals surface area contributed by atoms with E-state index in [1.165, 1.54) is 6.07 Å². The molecule has 0 amide bonds. The van der Waals surface area contributed by atoms with Crippen LogP contribution in [0.15, 0.2) is 12.1 Å². The third kappa shape index (κ3) is 2.37. The van der Waals surface area contributed by atoms with Crippen LogP contribution in [0.4, 0.5) is 4.39 Å². The van der Waals surface area contributed by atoms with Gasteiger partial charge in [0.2, 0.25) is 0 Å². The second kappa shape index (κ2) is 4.77. The van der Waals surface area contributed by atoms with Crippen molar-refractivity contribution in [3.63, 3.8) is 0 Å². The molecule has 0 unspecified atom stereocenters. The predicted octanol–water partition coefficient (Wildman–Crippen LogP) is 3.94. The van der Waals surface area contributed by atoms with Crippen molar-refractivity contribution < 1.29 is 9.50 Å². The first kappa shape index (κ1) is 14.2. The van der Waals surface area contributed by atoms with Crippen molar-refractivity contribution in [3.05, 3.63) is 34.6 Å². The Bertz CT molecular complexity index is 376. The van der Waals surface area contributed by atoms with Gasteiger partial charge in [0.25, 0.3) is 0 Å². The minimum atomic E-state index is -1.11. The van der Waals surface area contributed by atoms with Gasteiger partial charge in [-0.1, -0.05) is 33.8 Å². The molecule has 0 saturated heterocycles. The molecule has 0 heterocycles. The third-order valence-corrected chi connectivity index (χ3v) is 3.59. The lowest BCUT2D eigenvalue weighted by Gasteiger charge is -2.38. The molecule has 0 bridgehead atoms. The van der Waals surface area contributed by atoms with Crippen molar-refractivity contribution in [3.8, 4) is 0 Å². The average Bonchev–Trinajstić information content (AvgIpc) is 2.14. The zero-order chi connectivity index (χ0) is 13.4. The summed E-state index contributed by atoms with van der Waals surface area (Å²) < 4.78 is 14.2. The molecule has 0 atom stereocenters. The van der Waals surface area contributed by atoms with Crippen LogP contribution in [-0.4, -0.2) is 5.11 Å². The highest BCUT2D eigenvalue weighted by atomic mass is 19.1. The first-order valence-corrected chi connectivity index (χ1v) is 6.20. The van der Waals surface area contributed by atoms with E-state index in [0.717, 1.165) is 11.1 Å². The van der Waals surface area contributed by atoms with Gasteiger partial charge in [0.15, 0.2) is 0 Å². The number of aryl methyl sites for hydroxylation is 2. The first-order valence-electron chi connectivity index (χ1n) is 6.20. The standard InChI is InChI=1S/C15H23FO/c1-9(2)15(17,10(3)4)14-12(6)7-11(5)8-13(14)16/h7-10,17H,1-6H3. The predicted molar refractivity (Wildman–Crippen MR) is 69.4 cm³/mol. The Morgan fingerprint density at radius 2 is 1.53 bits per heavy atom. The Morgan fingerprint density at radius 1 is 1.06 bits per heavy atom. The second-order valence-electron chi connectivity index (χ2n) is 5.57. The fourth-order valence-electron chi connectivity index (χ4n) is 2.67. The van der Waals surface area contributed by atoms with Crippen LogP contribution in [0.5, 0.6) is 0 Å². The van der Waals surface area contributed by atoms with Crippen molar-refractivity contribution in [2.45, 2.75) is 47.1 Å². The smallest absolute Gasteiger partial charge is 0.129 e. The Balaban J connectivity index is 3.50. The minimum absolute atomic E-state index is 0.0293. The Kier molecular flexibility index (Phi) is 3.98. The van der Waals surface area contributed by atoms with E-state index in [-0.39, 0.29) is 17.7 Å². The molecule has 96 valence electrons. The second-order valence-corrected chi connectivity index (χ2v) is 5.57. The number of halogens is 1. The van der Waals surface area contributed by atoms with E-state index in [1.807, 2.05) is 47.6 Å². The van der Waals surface area contributed by atoms with Gasteiger partial charge >= 0.3 is 0 Å². The van der Waals surface area contributed by atoms with Gasteiger partial charge in [-0.25, -0.2) is 4.39 Å². The van der Waals surface area contributed by atoms with Crippen molar-refractivity contribution >= 4 is 0 Å². The lowest BCUT2D eigenvalue weighted by Crippen LogP contribution is -2.39.